The number of carbonyl (C=O) groups is 1. The molecule has 12 heteroatoms. The van der Waals surface area contributed by atoms with Crippen LogP contribution in [0.15, 0.2) is 59.5 Å². The molecule has 2 N–H and O–H groups in total. The summed E-state index contributed by atoms with van der Waals surface area (Å²) in [7, 11) is 0. The van der Waals surface area contributed by atoms with Crippen LogP contribution in [-0.2, 0) is 19.0 Å². The molecule has 1 aromatic heterocycles. The Morgan fingerprint density at radius 2 is 1.95 bits per heavy atom. The van der Waals surface area contributed by atoms with E-state index in [-0.39, 0.29) is 36.6 Å². The first kappa shape index (κ1) is 31.1. The van der Waals surface area contributed by atoms with Crippen LogP contribution in [0.4, 0.5) is 5.82 Å². The predicted octanol–water partition coefficient (Wildman–Crippen LogP) is 4.24. The Morgan fingerprint density at radius 3 is 2.69 bits per heavy atom. The first-order valence-electron chi connectivity index (χ1n) is 13.9. The third kappa shape index (κ3) is 8.10. The van der Waals surface area contributed by atoms with Crippen molar-refractivity contribution in [3.63, 3.8) is 0 Å². The van der Waals surface area contributed by atoms with E-state index in [1.54, 1.807) is 6.07 Å². The molecule has 1 aliphatic heterocycles. The molecule has 0 spiro atoms. The first-order chi connectivity index (χ1) is 20.3. The number of nitrogens with zero attached hydrogens (tertiary/aromatic N) is 3. The molecule has 4 rings (SSSR count). The van der Waals surface area contributed by atoms with E-state index in [0.29, 0.717) is 12.4 Å². The fraction of sp³-hybridized carbons (Fsp3) is 0.433. The van der Waals surface area contributed by atoms with Gasteiger partial charge >= 0.3 is 10.9 Å². The number of benzene rings is 2. The summed E-state index contributed by atoms with van der Waals surface area (Å²) < 4.78 is 24.9. The average molecular weight is 595 g/mol. The average Bonchev–Trinajstić information content (AvgIpc) is 3.32. The molecule has 3 unspecified atom stereocenters. The van der Waals surface area contributed by atoms with Crippen LogP contribution in [-0.4, -0.2) is 57.3 Å². The maximum absolute atomic E-state index is 13.0. The number of aromatic nitrogens is 2. The van der Waals surface area contributed by atoms with Crippen molar-refractivity contribution in [2.75, 3.05) is 25.1 Å². The summed E-state index contributed by atoms with van der Waals surface area (Å²) >= 11 is 5.39. The molecule has 0 radical (unpaired) electrons. The number of ether oxygens (including phenoxy) is 4. The number of rotatable bonds is 13. The van der Waals surface area contributed by atoms with Gasteiger partial charge in [0, 0.05) is 45.0 Å². The number of nitriles is 1. The lowest BCUT2D eigenvalue weighted by atomic mass is 9.99. The number of unbranched alkanes of at least 4 members (excludes halogenated alkanes) is 4. The van der Waals surface area contributed by atoms with Crippen molar-refractivity contribution in [1.29, 1.82) is 5.26 Å². The van der Waals surface area contributed by atoms with Crippen molar-refractivity contribution in [3.8, 4) is 11.8 Å². The number of aliphatic hydroxyl groups excluding tert-OH is 1. The van der Waals surface area contributed by atoms with Gasteiger partial charge in [0.1, 0.15) is 17.6 Å². The summed E-state index contributed by atoms with van der Waals surface area (Å²) in [5.74, 6) is 0.118. The van der Waals surface area contributed by atoms with Gasteiger partial charge in [-0.1, -0.05) is 49.6 Å². The lowest BCUT2D eigenvalue weighted by molar-refractivity contribution is -0.114. The molecular formula is C30H34N4O7S. The zero-order valence-electron chi connectivity index (χ0n) is 23.4. The number of anilines is 1. The first-order valence-corrected chi connectivity index (χ1v) is 14.3. The van der Waals surface area contributed by atoms with Crippen LogP contribution < -0.4 is 15.7 Å². The Morgan fingerprint density at radius 1 is 1.19 bits per heavy atom. The third-order valence-corrected chi connectivity index (χ3v) is 6.93. The molecule has 1 aliphatic rings. The normalized spacial score (nSPS) is 19.7. The molecule has 1 fully saturated rings. The van der Waals surface area contributed by atoms with Crippen LogP contribution in [0.5, 0.6) is 5.75 Å². The Labute approximate surface area is 249 Å². The topological polar surface area (TPSA) is 145 Å². The van der Waals surface area contributed by atoms with Crippen molar-refractivity contribution < 1.29 is 28.8 Å². The number of nitrogens with one attached hydrogen (secondary N) is 1. The standard InChI is InChI=1S/C30H34N4O7S/c1-21(36)32-26-13-14-34(28(37)33-26)27-30(20-31,18-25(39-27)19-38-16-8-4-2-3-7-15-35)41-29(42)40-24-12-11-22-9-5-6-10-23(22)17-24/h5-6,9-14,17,25,27,35H,2-4,7-8,15-16,18-19H2,1H3,(H,32,33,36,37). The van der Waals surface area contributed by atoms with Gasteiger partial charge in [-0.15, -0.1) is 0 Å². The molecule has 42 heavy (non-hydrogen) atoms. The largest absolute Gasteiger partial charge is 0.429 e. The zero-order valence-corrected chi connectivity index (χ0v) is 24.2. The van der Waals surface area contributed by atoms with Crippen LogP contribution in [0, 0.1) is 11.3 Å². The number of fused-ring (bicyclic) bond motifs is 1. The monoisotopic (exact) mass is 594 g/mol. The molecule has 1 saturated heterocycles. The molecule has 1 amide bonds. The van der Waals surface area contributed by atoms with Crippen LogP contribution in [0.2, 0.25) is 0 Å². The highest BCUT2D eigenvalue weighted by Crippen LogP contribution is 2.41. The third-order valence-electron chi connectivity index (χ3n) is 6.77. The second-order valence-electron chi connectivity index (χ2n) is 10.0. The van der Waals surface area contributed by atoms with Gasteiger partial charge in [0.25, 0.3) is 0 Å². The van der Waals surface area contributed by atoms with Crippen molar-refractivity contribution in [1.82, 2.24) is 9.55 Å². The van der Waals surface area contributed by atoms with Gasteiger partial charge in [-0.2, -0.15) is 10.2 Å². The lowest BCUT2D eigenvalue weighted by Crippen LogP contribution is -2.43. The molecule has 2 aromatic carbocycles. The van der Waals surface area contributed by atoms with Gasteiger partial charge in [0.2, 0.25) is 11.5 Å². The zero-order chi connectivity index (χ0) is 30.0. The second-order valence-corrected chi connectivity index (χ2v) is 10.4. The van der Waals surface area contributed by atoms with E-state index in [1.807, 2.05) is 36.4 Å². The van der Waals surface area contributed by atoms with E-state index in [4.69, 9.17) is 36.3 Å². The maximum atomic E-state index is 13.0. The molecule has 0 bridgehead atoms. The highest BCUT2D eigenvalue weighted by molar-refractivity contribution is 7.79. The Kier molecular flexibility index (Phi) is 11.0. The number of thiocarbonyl (C=S) groups is 1. The van der Waals surface area contributed by atoms with E-state index in [1.165, 1.54) is 19.2 Å². The Bertz CT molecular complexity index is 1490. The highest BCUT2D eigenvalue weighted by Gasteiger charge is 2.54. The van der Waals surface area contributed by atoms with Gasteiger partial charge in [0.15, 0.2) is 6.23 Å². The summed E-state index contributed by atoms with van der Waals surface area (Å²) in [6.07, 6.45) is 4.21. The quantitative estimate of drug-likeness (QED) is 0.218. The summed E-state index contributed by atoms with van der Waals surface area (Å²) in [5.41, 5.74) is -2.48. The summed E-state index contributed by atoms with van der Waals surface area (Å²) in [5, 5.41) is 23.4. The smallest absolute Gasteiger partial charge is 0.359 e. The molecule has 11 nitrogen and oxygen atoms in total. The Balaban J connectivity index is 1.49. The van der Waals surface area contributed by atoms with Gasteiger partial charge in [-0.05, 0) is 41.8 Å². The maximum Gasteiger partial charge on any atom is 0.359 e. The van der Waals surface area contributed by atoms with Gasteiger partial charge < -0.3 is 29.4 Å². The summed E-state index contributed by atoms with van der Waals surface area (Å²) in [6, 6.07) is 16.8. The number of hydrogen-bond donors (Lipinski definition) is 2. The molecule has 222 valence electrons. The Hall–Kier alpha value is -3.89. The molecule has 0 aliphatic carbocycles. The van der Waals surface area contributed by atoms with Crippen molar-refractivity contribution in [2.45, 2.75) is 63.4 Å². The number of aliphatic hydroxyl groups is 1. The van der Waals surface area contributed by atoms with Crippen molar-refractivity contribution in [3.05, 3.63) is 65.2 Å². The molecule has 2 heterocycles. The lowest BCUT2D eigenvalue weighted by Gasteiger charge is -2.28. The van der Waals surface area contributed by atoms with E-state index in [9.17, 15) is 14.9 Å². The molecular weight excluding hydrogens is 560 g/mol. The number of amides is 1. The van der Waals surface area contributed by atoms with Crippen LogP contribution in [0.1, 0.15) is 51.7 Å². The van der Waals surface area contributed by atoms with Gasteiger partial charge in [-0.3, -0.25) is 9.36 Å². The minimum atomic E-state index is -1.73. The molecule has 3 aromatic rings. The van der Waals surface area contributed by atoms with E-state index in [0.717, 1.165) is 47.4 Å². The van der Waals surface area contributed by atoms with Gasteiger partial charge in [-0.25, -0.2) is 4.79 Å². The number of hydrogen-bond acceptors (Lipinski definition) is 10. The summed E-state index contributed by atoms with van der Waals surface area (Å²) in [6.45, 7) is 2.17. The second kappa shape index (κ2) is 14.8. The molecule has 0 saturated carbocycles. The van der Waals surface area contributed by atoms with Crippen LogP contribution in [0.3, 0.4) is 0 Å². The van der Waals surface area contributed by atoms with E-state index >= 15 is 0 Å². The van der Waals surface area contributed by atoms with E-state index < -0.39 is 23.6 Å². The SMILES string of the molecule is CC(=O)Nc1ccn(C2OC(COCCCCCCCO)CC2(C#N)OC(=S)Oc2ccc3ccccc3c2)c(=O)n1. The van der Waals surface area contributed by atoms with Crippen molar-refractivity contribution >= 4 is 40.0 Å². The predicted molar refractivity (Wildman–Crippen MR) is 159 cm³/mol. The van der Waals surface area contributed by atoms with Gasteiger partial charge in [0.05, 0.1) is 12.7 Å². The summed E-state index contributed by atoms with van der Waals surface area (Å²) in [4.78, 5) is 28.3. The minimum Gasteiger partial charge on any atom is -0.429 e. The fourth-order valence-electron chi connectivity index (χ4n) is 4.78. The van der Waals surface area contributed by atoms with Crippen LogP contribution >= 0.6 is 12.2 Å². The fourth-order valence-corrected chi connectivity index (χ4v) is 5.03. The minimum absolute atomic E-state index is 0.0474. The number of carbonyl (C=O) groups excluding carboxylic acids is 1. The van der Waals surface area contributed by atoms with Crippen LogP contribution in [0.25, 0.3) is 10.8 Å². The highest BCUT2D eigenvalue weighted by atomic mass is 32.1. The van der Waals surface area contributed by atoms with Crippen molar-refractivity contribution in [2.24, 2.45) is 0 Å². The molecule has 3 atom stereocenters. The van der Waals surface area contributed by atoms with E-state index in [2.05, 4.69) is 16.4 Å².